The maximum atomic E-state index is 12.6. The molecule has 0 radical (unpaired) electrons. The van der Waals surface area contributed by atoms with Gasteiger partial charge in [0, 0.05) is 16.6 Å². The molecule has 0 saturated heterocycles. The monoisotopic (exact) mass is 364 g/mol. The number of nitrogens with one attached hydrogen (secondary N) is 1. The first-order valence-electron chi connectivity index (χ1n) is 9.02. The van der Waals surface area contributed by atoms with Gasteiger partial charge in [-0.2, -0.15) is 0 Å². The molecule has 0 unspecified atom stereocenters. The molecule has 5 heteroatoms. The summed E-state index contributed by atoms with van der Waals surface area (Å²) in [5.74, 6) is -0.206. The van der Waals surface area contributed by atoms with Gasteiger partial charge in [-0.05, 0) is 47.7 Å². The fourth-order valence-electron chi connectivity index (χ4n) is 3.36. The van der Waals surface area contributed by atoms with Gasteiger partial charge in [0.15, 0.2) is 0 Å². The fraction of sp³-hybridized carbons (Fsp3) is 0.273. The van der Waals surface area contributed by atoms with Crippen LogP contribution in [0.3, 0.4) is 0 Å². The lowest BCUT2D eigenvalue weighted by atomic mass is 9.95. The number of furan rings is 1. The Labute approximate surface area is 158 Å². The van der Waals surface area contributed by atoms with E-state index < -0.39 is 5.91 Å². The van der Waals surface area contributed by atoms with Gasteiger partial charge in [-0.25, -0.2) is 0 Å². The van der Waals surface area contributed by atoms with Crippen LogP contribution in [0.4, 0.5) is 5.69 Å². The average molecular weight is 364 g/mol. The van der Waals surface area contributed by atoms with Crippen molar-refractivity contribution in [3.63, 3.8) is 0 Å². The molecule has 1 heterocycles. The van der Waals surface area contributed by atoms with Crippen LogP contribution in [-0.2, 0) is 22.4 Å². The van der Waals surface area contributed by atoms with Crippen LogP contribution in [0, 0.1) is 6.92 Å². The number of para-hydroxylation sites is 1. The van der Waals surface area contributed by atoms with Gasteiger partial charge in [0.25, 0.3) is 0 Å². The number of carbonyl (C=O) groups excluding carboxylic acids is 2. The number of amides is 2. The van der Waals surface area contributed by atoms with Crippen molar-refractivity contribution in [2.24, 2.45) is 5.73 Å². The number of aryl methyl sites for hydroxylation is 1. The second-order valence-corrected chi connectivity index (χ2v) is 7.15. The van der Waals surface area contributed by atoms with Crippen LogP contribution in [0.2, 0.25) is 0 Å². The van der Waals surface area contributed by atoms with E-state index in [1.165, 1.54) is 11.1 Å². The van der Waals surface area contributed by atoms with E-state index in [0.717, 1.165) is 16.5 Å². The van der Waals surface area contributed by atoms with Gasteiger partial charge in [-0.1, -0.05) is 32.0 Å². The van der Waals surface area contributed by atoms with Crippen molar-refractivity contribution >= 4 is 28.5 Å². The third-order valence-electron chi connectivity index (χ3n) is 4.67. The van der Waals surface area contributed by atoms with Crippen LogP contribution in [0.15, 0.2) is 47.1 Å². The molecule has 3 N–H and O–H groups in total. The number of anilines is 1. The molecular formula is C22H24N2O3. The Morgan fingerprint density at radius 2 is 1.85 bits per heavy atom. The van der Waals surface area contributed by atoms with Crippen LogP contribution >= 0.6 is 0 Å². The van der Waals surface area contributed by atoms with Crippen LogP contribution in [-0.4, -0.2) is 11.8 Å². The highest BCUT2D eigenvalue weighted by atomic mass is 16.3. The molecule has 0 aliphatic rings. The smallest absolute Gasteiger partial charge is 0.228 e. The first kappa shape index (κ1) is 18.7. The van der Waals surface area contributed by atoms with Gasteiger partial charge >= 0.3 is 0 Å². The van der Waals surface area contributed by atoms with Crippen molar-refractivity contribution in [1.29, 1.82) is 0 Å². The molecule has 0 fully saturated rings. The Bertz CT molecular complexity index is 1000. The summed E-state index contributed by atoms with van der Waals surface area (Å²) in [7, 11) is 0. The maximum absolute atomic E-state index is 12.6. The number of nitrogens with two attached hydrogens (primary N) is 1. The topological polar surface area (TPSA) is 85.3 Å². The van der Waals surface area contributed by atoms with Crippen molar-refractivity contribution in [3.8, 4) is 0 Å². The van der Waals surface area contributed by atoms with Crippen molar-refractivity contribution in [3.05, 3.63) is 64.9 Å². The van der Waals surface area contributed by atoms with Crippen molar-refractivity contribution in [2.75, 3.05) is 5.32 Å². The number of primary amides is 1. The number of carbonyl (C=O) groups is 2. The highest BCUT2D eigenvalue weighted by molar-refractivity contribution is 5.96. The van der Waals surface area contributed by atoms with Gasteiger partial charge < -0.3 is 15.5 Å². The molecule has 0 spiro atoms. The highest BCUT2D eigenvalue weighted by Crippen LogP contribution is 2.29. The Hall–Kier alpha value is -3.08. The molecule has 0 aliphatic heterocycles. The molecule has 5 nitrogen and oxygen atoms in total. The number of benzene rings is 2. The van der Waals surface area contributed by atoms with Gasteiger partial charge in [-0.3, -0.25) is 9.59 Å². The number of fused-ring (bicyclic) bond motifs is 1. The summed E-state index contributed by atoms with van der Waals surface area (Å²) < 4.78 is 5.65. The SMILES string of the molecule is Cc1cc2occ(CC(=O)Nc3ccccc3CC(N)=O)c2cc1C(C)C. The third kappa shape index (κ3) is 4.19. The second kappa shape index (κ2) is 7.66. The molecule has 2 aromatic carbocycles. The van der Waals surface area contributed by atoms with Crippen LogP contribution in [0.25, 0.3) is 11.0 Å². The molecule has 0 saturated carbocycles. The zero-order valence-electron chi connectivity index (χ0n) is 15.8. The van der Waals surface area contributed by atoms with E-state index in [2.05, 4.69) is 32.2 Å². The minimum absolute atomic E-state index is 0.0854. The predicted octanol–water partition coefficient (Wildman–Crippen LogP) is 4.07. The summed E-state index contributed by atoms with van der Waals surface area (Å²) >= 11 is 0. The van der Waals surface area contributed by atoms with E-state index in [0.29, 0.717) is 17.2 Å². The first-order valence-corrected chi connectivity index (χ1v) is 9.02. The molecule has 0 atom stereocenters. The van der Waals surface area contributed by atoms with Crippen LogP contribution in [0.1, 0.15) is 42.0 Å². The van der Waals surface area contributed by atoms with Gasteiger partial charge in [-0.15, -0.1) is 0 Å². The summed E-state index contributed by atoms with van der Waals surface area (Å²) in [6.07, 6.45) is 1.92. The lowest BCUT2D eigenvalue weighted by Gasteiger charge is -2.11. The molecule has 2 amide bonds. The van der Waals surface area contributed by atoms with Gasteiger partial charge in [0.05, 0.1) is 19.1 Å². The maximum Gasteiger partial charge on any atom is 0.228 e. The second-order valence-electron chi connectivity index (χ2n) is 7.15. The molecule has 0 bridgehead atoms. The minimum atomic E-state index is -0.436. The highest BCUT2D eigenvalue weighted by Gasteiger charge is 2.15. The molecule has 3 rings (SSSR count). The zero-order valence-corrected chi connectivity index (χ0v) is 15.8. The molecule has 3 aromatic rings. The fourth-order valence-corrected chi connectivity index (χ4v) is 3.36. The largest absolute Gasteiger partial charge is 0.464 e. The predicted molar refractivity (Wildman–Crippen MR) is 107 cm³/mol. The first-order chi connectivity index (χ1) is 12.8. The Morgan fingerprint density at radius 3 is 2.56 bits per heavy atom. The summed E-state index contributed by atoms with van der Waals surface area (Å²) in [5.41, 5.74) is 10.7. The third-order valence-corrected chi connectivity index (χ3v) is 4.67. The quantitative estimate of drug-likeness (QED) is 0.691. The van der Waals surface area contributed by atoms with Crippen molar-refractivity contribution < 1.29 is 14.0 Å². The average Bonchev–Trinajstić information content (AvgIpc) is 2.96. The normalized spacial score (nSPS) is 11.1. The summed E-state index contributed by atoms with van der Waals surface area (Å²) in [6, 6.07) is 11.3. The van der Waals surface area contributed by atoms with E-state index in [-0.39, 0.29) is 18.7 Å². The molecule has 1 aromatic heterocycles. The Kier molecular flexibility index (Phi) is 5.31. The molecular weight excluding hydrogens is 340 g/mol. The van der Waals surface area contributed by atoms with E-state index in [1.54, 1.807) is 18.4 Å². The van der Waals surface area contributed by atoms with E-state index in [4.69, 9.17) is 10.2 Å². The summed E-state index contributed by atoms with van der Waals surface area (Å²) in [5, 5.41) is 3.84. The Balaban J connectivity index is 1.83. The summed E-state index contributed by atoms with van der Waals surface area (Å²) in [4.78, 5) is 23.8. The zero-order chi connectivity index (χ0) is 19.6. The van der Waals surface area contributed by atoms with Crippen molar-refractivity contribution in [2.45, 2.75) is 39.5 Å². The van der Waals surface area contributed by atoms with E-state index >= 15 is 0 Å². The van der Waals surface area contributed by atoms with Crippen LogP contribution < -0.4 is 11.1 Å². The number of rotatable bonds is 6. The summed E-state index contributed by atoms with van der Waals surface area (Å²) in [6.45, 7) is 6.37. The van der Waals surface area contributed by atoms with E-state index in [9.17, 15) is 9.59 Å². The molecule has 140 valence electrons. The number of hydrogen-bond donors (Lipinski definition) is 2. The number of hydrogen-bond acceptors (Lipinski definition) is 3. The lowest BCUT2D eigenvalue weighted by molar-refractivity contribution is -0.117. The molecule has 27 heavy (non-hydrogen) atoms. The van der Waals surface area contributed by atoms with E-state index in [1.807, 2.05) is 18.2 Å². The minimum Gasteiger partial charge on any atom is -0.464 e. The molecule has 0 aliphatic carbocycles. The van der Waals surface area contributed by atoms with Crippen LogP contribution in [0.5, 0.6) is 0 Å². The Morgan fingerprint density at radius 1 is 1.11 bits per heavy atom. The standard InChI is InChI=1S/C22H24N2O3/c1-13(2)17-11-18-16(12-27-20(18)8-14(17)3)10-22(26)24-19-7-5-4-6-15(19)9-21(23)25/h4-8,11-13H,9-10H2,1-3H3,(H2,23,25)(H,24,26). The van der Waals surface area contributed by atoms with Gasteiger partial charge in [0.2, 0.25) is 11.8 Å². The van der Waals surface area contributed by atoms with Crippen molar-refractivity contribution in [1.82, 2.24) is 0 Å². The lowest BCUT2D eigenvalue weighted by Crippen LogP contribution is -2.18. The van der Waals surface area contributed by atoms with Gasteiger partial charge in [0.1, 0.15) is 5.58 Å².